The number of halogens is 1. The lowest BCUT2D eigenvalue weighted by molar-refractivity contribution is 0.0247. The second kappa shape index (κ2) is 5.33. The molecule has 1 atom stereocenters. The maximum atomic E-state index is 13.3. The van der Waals surface area contributed by atoms with E-state index in [1.54, 1.807) is 0 Å². The van der Waals surface area contributed by atoms with E-state index in [9.17, 15) is 4.39 Å². The normalized spacial score (nSPS) is 20.1. The molecule has 4 nitrogen and oxygen atoms in total. The number of benzene rings is 1. The summed E-state index contributed by atoms with van der Waals surface area (Å²) in [5, 5.41) is 3.22. The van der Waals surface area contributed by atoms with Crippen LogP contribution in [-0.2, 0) is 4.74 Å². The molecule has 17 heavy (non-hydrogen) atoms. The van der Waals surface area contributed by atoms with Crippen LogP contribution in [0.25, 0.3) is 0 Å². The molecule has 2 rings (SSSR count). The number of nitrogens with one attached hydrogen (secondary N) is 1. The molecule has 0 aromatic heterocycles. The van der Waals surface area contributed by atoms with Gasteiger partial charge in [-0.1, -0.05) is 0 Å². The number of morpholine rings is 1. The number of ether oxygens (including phenoxy) is 3. The van der Waals surface area contributed by atoms with E-state index in [-0.39, 0.29) is 11.9 Å². The molecule has 1 fully saturated rings. The molecule has 0 spiro atoms. The van der Waals surface area contributed by atoms with Crippen LogP contribution >= 0.6 is 0 Å². The zero-order chi connectivity index (χ0) is 12.3. The van der Waals surface area contributed by atoms with Gasteiger partial charge in [-0.25, -0.2) is 4.39 Å². The van der Waals surface area contributed by atoms with Gasteiger partial charge in [0.25, 0.3) is 0 Å². The zero-order valence-corrected chi connectivity index (χ0v) is 9.96. The maximum absolute atomic E-state index is 13.3. The van der Waals surface area contributed by atoms with Gasteiger partial charge < -0.3 is 19.5 Å². The van der Waals surface area contributed by atoms with Crippen LogP contribution in [0, 0.1) is 5.82 Å². The van der Waals surface area contributed by atoms with E-state index < -0.39 is 0 Å². The summed E-state index contributed by atoms with van der Waals surface area (Å²) in [5.41, 5.74) is 0.753. The molecule has 1 unspecified atom stereocenters. The van der Waals surface area contributed by atoms with Crippen LogP contribution in [-0.4, -0.2) is 33.9 Å². The average Bonchev–Trinajstić information content (AvgIpc) is 2.38. The first-order valence-corrected chi connectivity index (χ1v) is 5.50. The van der Waals surface area contributed by atoms with Gasteiger partial charge in [0.15, 0.2) is 0 Å². The highest BCUT2D eigenvalue weighted by Gasteiger charge is 2.24. The van der Waals surface area contributed by atoms with Crippen molar-refractivity contribution in [1.82, 2.24) is 5.32 Å². The fourth-order valence-corrected chi connectivity index (χ4v) is 1.98. The van der Waals surface area contributed by atoms with Crippen molar-refractivity contribution in [1.29, 1.82) is 0 Å². The highest BCUT2D eigenvalue weighted by atomic mass is 19.1. The van der Waals surface area contributed by atoms with Crippen molar-refractivity contribution in [3.63, 3.8) is 0 Å². The van der Waals surface area contributed by atoms with Crippen LogP contribution in [0.4, 0.5) is 4.39 Å². The molecule has 1 aromatic carbocycles. The largest absolute Gasteiger partial charge is 0.496 e. The molecule has 0 radical (unpaired) electrons. The fourth-order valence-electron chi connectivity index (χ4n) is 1.98. The van der Waals surface area contributed by atoms with E-state index in [1.165, 1.54) is 26.4 Å². The van der Waals surface area contributed by atoms with Crippen LogP contribution in [0.3, 0.4) is 0 Å². The minimum absolute atomic E-state index is 0.172. The monoisotopic (exact) mass is 241 g/mol. The molecule has 0 saturated carbocycles. The Hall–Kier alpha value is -1.33. The Balaban J connectivity index is 2.41. The van der Waals surface area contributed by atoms with Gasteiger partial charge in [-0.15, -0.1) is 0 Å². The molecule has 0 aliphatic carbocycles. The summed E-state index contributed by atoms with van der Waals surface area (Å²) >= 11 is 0. The van der Waals surface area contributed by atoms with Gasteiger partial charge in [-0.3, -0.25) is 0 Å². The van der Waals surface area contributed by atoms with Crippen molar-refractivity contribution < 1.29 is 18.6 Å². The predicted molar refractivity (Wildman–Crippen MR) is 61.1 cm³/mol. The molecular formula is C12H16FNO3. The van der Waals surface area contributed by atoms with Gasteiger partial charge in [0.1, 0.15) is 23.4 Å². The zero-order valence-electron chi connectivity index (χ0n) is 9.96. The summed E-state index contributed by atoms with van der Waals surface area (Å²) in [4.78, 5) is 0. The third-order valence-corrected chi connectivity index (χ3v) is 2.76. The number of rotatable bonds is 3. The highest BCUT2D eigenvalue weighted by molar-refractivity contribution is 5.47. The van der Waals surface area contributed by atoms with Crippen molar-refractivity contribution >= 4 is 0 Å². The quantitative estimate of drug-likeness (QED) is 0.870. The predicted octanol–water partition coefficient (Wildman–Crippen LogP) is 1.50. The second-order valence-electron chi connectivity index (χ2n) is 3.79. The van der Waals surface area contributed by atoms with Crippen LogP contribution in [0.5, 0.6) is 11.5 Å². The Morgan fingerprint density at radius 2 is 1.94 bits per heavy atom. The average molecular weight is 241 g/mol. The van der Waals surface area contributed by atoms with Gasteiger partial charge in [0.05, 0.1) is 26.4 Å². The first-order valence-electron chi connectivity index (χ1n) is 5.50. The molecule has 1 N–H and O–H groups in total. The van der Waals surface area contributed by atoms with Gasteiger partial charge in [-0.2, -0.15) is 0 Å². The third-order valence-electron chi connectivity index (χ3n) is 2.76. The van der Waals surface area contributed by atoms with E-state index in [4.69, 9.17) is 14.2 Å². The highest BCUT2D eigenvalue weighted by Crippen LogP contribution is 2.37. The summed E-state index contributed by atoms with van der Waals surface area (Å²) < 4.78 is 29.4. The minimum Gasteiger partial charge on any atom is -0.496 e. The summed E-state index contributed by atoms with van der Waals surface area (Å²) in [6.45, 7) is 2.11. The van der Waals surface area contributed by atoms with Crippen LogP contribution in [0.1, 0.15) is 11.7 Å². The topological polar surface area (TPSA) is 39.7 Å². The lowest BCUT2D eigenvalue weighted by atomic mass is 10.1. The Labute approximate surface area is 99.7 Å². The Morgan fingerprint density at radius 1 is 1.29 bits per heavy atom. The minimum atomic E-state index is -0.383. The molecule has 1 aliphatic rings. The molecule has 0 amide bonds. The van der Waals surface area contributed by atoms with Crippen molar-refractivity contribution in [2.75, 3.05) is 33.9 Å². The van der Waals surface area contributed by atoms with Gasteiger partial charge in [0.2, 0.25) is 0 Å². The van der Waals surface area contributed by atoms with Crippen LogP contribution in [0.15, 0.2) is 12.1 Å². The smallest absolute Gasteiger partial charge is 0.131 e. The number of hydrogen-bond acceptors (Lipinski definition) is 4. The lowest BCUT2D eigenvalue weighted by Crippen LogP contribution is -2.33. The SMILES string of the molecule is COc1cc(F)cc(OC)c1C1CNCCO1. The maximum Gasteiger partial charge on any atom is 0.131 e. The summed E-state index contributed by atoms with van der Waals surface area (Å²) in [6, 6.07) is 2.69. The van der Waals surface area contributed by atoms with Crippen molar-refractivity contribution in [3.8, 4) is 11.5 Å². The third kappa shape index (κ3) is 2.50. The molecule has 5 heteroatoms. The van der Waals surface area contributed by atoms with Gasteiger partial charge in [-0.05, 0) is 0 Å². The Morgan fingerprint density at radius 3 is 2.41 bits per heavy atom. The molecule has 1 saturated heterocycles. The Kier molecular flexibility index (Phi) is 3.81. The van der Waals surface area contributed by atoms with Gasteiger partial charge >= 0.3 is 0 Å². The van der Waals surface area contributed by atoms with Crippen molar-refractivity contribution in [2.24, 2.45) is 0 Å². The van der Waals surface area contributed by atoms with E-state index in [0.717, 1.165) is 12.1 Å². The summed E-state index contributed by atoms with van der Waals surface area (Å²) in [7, 11) is 3.02. The number of hydrogen-bond donors (Lipinski definition) is 1. The molecule has 1 heterocycles. The van der Waals surface area contributed by atoms with E-state index in [0.29, 0.717) is 24.7 Å². The Bertz CT molecular complexity index is 366. The summed E-state index contributed by atoms with van der Waals surface area (Å²) in [6.07, 6.45) is -0.172. The standard InChI is InChI=1S/C12H16FNO3/c1-15-9-5-8(13)6-10(16-2)12(9)11-7-14-3-4-17-11/h5-6,11,14H,3-4,7H2,1-2H3. The molecule has 1 aliphatic heterocycles. The molecule has 0 bridgehead atoms. The van der Waals surface area contributed by atoms with Crippen molar-refractivity contribution in [2.45, 2.75) is 6.10 Å². The lowest BCUT2D eigenvalue weighted by Gasteiger charge is -2.26. The van der Waals surface area contributed by atoms with Crippen molar-refractivity contribution in [3.05, 3.63) is 23.5 Å². The van der Waals surface area contributed by atoms with Crippen LogP contribution < -0.4 is 14.8 Å². The first kappa shape index (κ1) is 12.1. The first-order chi connectivity index (χ1) is 8.26. The van der Waals surface area contributed by atoms with E-state index >= 15 is 0 Å². The van der Waals surface area contributed by atoms with Crippen LogP contribution in [0.2, 0.25) is 0 Å². The van der Waals surface area contributed by atoms with E-state index in [2.05, 4.69) is 5.32 Å². The second-order valence-corrected chi connectivity index (χ2v) is 3.79. The molecule has 1 aromatic rings. The fraction of sp³-hybridized carbons (Fsp3) is 0.500. The molecular weight excluding hydrogens is 225 g/mol. The van der Waals surface area contributed by atoms with Gasteiger partial charge in [0, 0.05) is 25.2 Å². The summed E-state index contributed by atoms with van der Waals surface area (Å²) in [5.74, 6) is 0.525. The van der Waals surface area contributed by atoms with E-state index in [1.807, 2.05) is 0 Å². The number of methoxy groups -OCH3 is 2. The molecule has 94 valence electrons.